The molecular formula is C11H13NO3. The van der Waals surface area contributed by atoms with Gasteiger partial charge in [0, 0.05) is 6.07 Å². The Morgan fingerprint density at radius 1 is 1.33 bits per heavy atom. The Morgan fingerprint density at radius 2 is 2.00 bits per heavy atom. The molecule has 0 amide bonds. The van der Waals surface area contributed by atoms with Crippen LogP contribution in [0.5, 0.6) is 5.75 Å². The van der Waals surface area contributed by atoms with Crippen molar-refractivity contribution in [1.82, 2.24) is 0 Å². The summed E-state index contributed by atoms with van der Waals surface area (Å²) in [5.74, 6) is 0.186. The Labute approximate surface area is 87.7 Å². The fraction of sp³-hybridized carbons (Fsp3) is 0.455. The summed E-state index contributed by atoms with van der Waals surface area (Å²) in [5, 5.41) is 19.9. The standard InChI is InChI=1S/C11H13NO3/c13-11-6-5-9(7-10(11)12(14)15)8-3-1-2-4-8/h5-8,13H,1-4H2. The highest BCUT2D eigenvalue weighted by molar-refractivity contribution is 5.48. The fourth-order valence-electron chi connectivity index (χ4n) is 2.20. The van der Waals surface area contributed by atoms with Gasteiger partial charge in [-0.05, 0) is 30.4 Å². The molecule has 0 bridgehead atoms. The van der Waals surface area contributed by atoms with Crippen molar-refractivity contribution < 1.29 is 10.0 Å². The summed E-state index contributed by atoms with van der Waals surface area (Å²) in [4.78, 5) is 10.1. The minimum Gasteiger partial charge on any atom is -0.502 e. The van der Waals surface area contributed by atoms with Gasteiger partial charge in [-0.1, -0.05) is 18.9 Å². The van der Waals surface area contributed by atoms with Gasteiger partial charge < -0.3 is 5.11 Å². The molecule has 80 valence electrons. The Morgan fingerprint density at radius 3 is 2.60 bits per heavy atom. The van der Waals surface area contributed by atoms with E-state index >= 15 is 0 Å². The third-order valence-electron chi connectivity index (χ3n) is 3.02. The zero-order valence-electron chi connectivity index (χ0n) is 8.35. The van der Waals surface area contributed by atoms with Crippen LogP contribution in [0.1, 0.15) is 37.2 Å². The first kappa shape index (κ1) is 9.96. The SMILES string of the molecule is O=[N+]([O-])c1cc(C2CCCC2)ccc1O. The van der Waals surface area contributed by atoms with E-state index in [0.29, 0.717) is 5.92 Å². The van der Waals surface area contributed by atoms with Crippen molar-refractivity contribution in [3.63, 3.8) is 0 Å². The Balaban J connectivity index is 2.33. The second kappa shape index (κ2) is 3.88. The van der Waals surface area contributed by atoms with Crippen LogP contribution < -0.4 is 0 Å². The number of aromatic hydroxyl groups is 1. The minimum absolute atomic E-state index is 0.181. The van der Waals surface area contributed by atoms with Gasteiger partial charge in [-0.15, -0.1) is 0 Å². The highest BCUT2D eigenvalue weighted by Gasteiger charge is 2.21. The first-order valence-electron chi connectivity index (χ1n) is 5.16. The summed E-state index contributed by atoms with van der Waals surface area (Å²) < 4.78 is 0. The Bertz CT molecular complexity index is 383. The molecule has 0 aromatic heterocycles. The van der Waals surface area contributed by atoms with Gasteiger partial charge in [-0.25, -0.2) is 0 Å². The highest BCUT2D eigenvalue weighted by atomic mass is 16.6. The van der Waals surface area contributed by atoms with Crippen LogP contribution in [0.15, 0.2) is 18.2 Å². The number of phenolic OH excluding ortho intramolecular Hbond substituents is 1. The maximum Gasteiger partial charge on any atom is 0.310 e. The van der Waals surface area contributed by atoms with E-state index in [1.54, 1.807) is 6.07 Å². The number of hydrogen-bond acceptors (Lipinski definition) is 3. The van der Waals surface area contributed by atoms with Crippen LogP contribution in [0.4, 0.5) is 5.69 Å². The van der Waals surface area contributed by atoms with Gasteiger partial charge in [-0.2, -0.15) is 0 Å². The third-order valence-corrected chi connectivity index (χ3v) is 3.02. The molecule has 1 N–H and O–H groups in total. The van der Waals surface area contributed by atoms with Crippen LogP contribution in [-0.4, -0.2) is 10.0 Å². The van der Waals surface area contributed by atoms with Crippen LogP contribution in [0, 0.1) is 10.1 Å². The average Bonchev–Trinajstić information content (AvgIpc) is 2.71. The summed E-state index contributed by atoms with van der Waals surface area (Å²) in [6, 6.07) is 4.72. The largest absolute Gasteiger partial charge is 0.502 e. The Hall–Kier alpha value is -1.58. The molecule has 4 heteroatoms. The van der Waals surface area contributed by atoms with Crippen molar-refractivity contribution in [2.24, 2.45) is 0 Å². The maximum absolute atomic E-state index is 10.6. The van der Waals surface area contributed by atoms with Gasteiger partial charge in [0.2, 0.25) is 0 Å². The topological polar surface area (TPSA) is 63.4 Å². The Kier molecular flexibility index (Phi) is 2.58. The minimum atomic E-state index is -0.534. The monoisotopic (exact) mass is 207 g/mol. The summed E-state index contributed by atoms with van der Waals surface area (Å²) in [6.45, 7) is 0. The van der Waals surface area contributed by atoms with Crippen LogP contribution in [0.3, 0.4) is 0 Å². The molecule has 0 atom stereocenters. The van der Waals surface area contributed by atoms with Crippen LogP contribution in [0.25, 0.3) is 0 Å². The summed E-state index contributed by atoms with van der Waals surface area (Å²) >= 11 is 0. The van der Waals surface area contributed by atoms with E-state index in [1.807, 2.05) is 0 Å². The molecule has 1 aliphatic carbocycles. The number of hydrogen-bond donors (Lipinski definition) is 1. The lowest BCUT2D eigenvalue weighted by atomic mass is 9.97. The van der Waals surface area contributed by atoms with Crippen molar-refractivity contribution in [3.05, 3.63) is 33.9 Å². The number of phenols is 1. The molecule has 0 aliphatic heterocycles. The first-order chi connectivity index (χ1) is 7.18. The van der Waals surface area contributed by atoms with Crippen LogP contribution >= 0.6 is 0 Å². The van der Waals surface area contributed by atoms with Gasteiger partial charge in [-0.3, -0.25) is 10.1 Å². The number of benzene rings is 1. The van der Waals surface area contributed by atoms with E-state index in [1.165, 1.54) is 25.0 Å². The van der Waals surface area contributed by atoms with Gasteiger partial charge >= 0.3 is 5.69 Å². The van der Waals surface area contributed by atoms with E-state index in [9.17, 15) is 15.2 Å². The molecule has 0 heterocycles. The van der Waals surface area contributed by atoms with E-state index < -0.39 is 4.92 Å². The van der Waals surface area contributed by atoms with Crippen molar-refractivity contribution in [2.45, 2.75) is 31.6 Å². The molecule has 1 saturated carbocycles. The van der Waals surface area contributed by atoms with Gasteiger partial charge in [0.1, 0.15) is 0 Å². The summed E-state index contributed by atoms with van der Waals surface area (Å²) in [6.07, 6.45) is 4.59. The second-order valence-corrected chi connectivity index (χ2v) is 3.99. The molecule has 2 rings (SSSR count). The van der Waals surface area contributed by atoms with E-state index in [0.717, 1.165) is 18.4 Å². The molecule has 1 aromatic rings. The van der Waals surface area contributed by atoms with Crippen LogP contribution in [-0.2, 0) is 0 Å². The zero-order valence-corrected chi connectivity index (χ0v) is 8.35. The molecule has 0 radical (unpaired) electrons. The normalized spacial score (nSPS) is 16.8. The van der Waals surface area contributed by atoms with Crippen molar-refractivity contribution in [3.8, 4) is 5.75 Å². The zero-order chi connectivity index (χ0) is 10.8. The van der Waals surface area contributed by atoms with E-state index in [-0.39, 0.29) is 11.4 Å². The van der Waals surface area contributed by atoms with Gasteiger partial charge in [0.15, 0.2) is 5.75 Å². The molecular weight excluding hydrogens is 194 g/mol. The van der Waals surface area contributed by atoms with E-state index in [4.69, 9.17) is 0 Å². The van der Waals surface area contributed by atoms with Gasteiger partial charge in [0.25, 0.3) is 0 Å². The molecule has 15 heavy (non-hydrogen) atoms. The summed E-state index contributed by atoms with van der Waals surface area (Å²) in [7, 11) is 0. The molecule has 1 aromatic carbocycles. The number of nitrogens with zero attached hydrogens (tertiary/aromatic N) is 1. The lowest BCUT2D eigenvalue weighted by molar-refractivity contribution is -0.385. The first-order valence-corrected chi connectivity index (χ1v) is 5.16. The van der Waals surface area contributed by atoms with Crippen molar-refractivity contribution in [1.29, 1.82) is 0 Å². The second-order valence-electron chi connectivity index (χ2n) is 3.99. The molecule has 0 unspecified atom stereocenters. The lowest BCUT2D eigenvalue weighted by Gasteiger charge is -2.09. The lowest BCUT2D eigenvalue weighted by Crippen LogP contribution is -1.95. The number of rotatable bonds is 2. The predicted molar refractivity (Wildman–Crippen MR) is 56.0 cm³/mol. The van der Waals surface area contributed by atoms with Crippen molar-refractivity contribution >= 4 is 5.69 Å². The molecule has 0 saturated heterocycles. The summed E-state index contributed by atoms with van der Waals surface area (Å²) in [5.41, 5.74) is 0.802. The number of nitro benzene ring substituents is 1. The fourth-order valence-corrected chi connectivity index (χ4v) is 2.20. The quantitative estimate of drug-likeness (QED) is 0.599. The number of nitro groups is 1. The maximum atomic E-state index is 10.6. The predicted octanol–water partition coefficient (Wildman–Crippen LogP) is 2.96. The molecule has 4 nitrogen and oxygen atoms in total. The van der Waals surface area contributed by atoms with Gasteiger partial charge in [0.05, 0.1) is 4.92 Å². The highest BCUT2D eigenvalue weighted by Crippen LogP contribution is 2.37. The van der Waals surface area contributed by atoms with E-state index in [2.05, 4.69) is 0 Å². The molecule has 1 aliphatic rings. The molecule has 0 spiro atoms. The smallest absolute Gasteiger partial charge is 0.310 e. The van der Waals surface area contributed by atoms with Crippen molar-refractivity contribution in [2.75, 3.05) is 0 Å². The van der Waals surface area contributed by atoms with Crippen LogP contribution in [0.2, 0.25) is 0 Å². The molecule has 1 fully saturated rings. The third kappa shape index (κ3) is 1.93. The average molecular weight is 207 g/mol.